The summed E-state index contributed by atoms with van der Waals surface area (Å²) in [6.45, 7) is 10.6. The molecule has 0 saturated carbocycles. The Balaban J connectivity index is 1.55. The molecule has 7 nitrogen and oxygen atoms in total. The van der Waals surface area contributed by atoms with E-state index in [0.717, 1.165) is 50.7 Å². The van der Waals surface area contributed by atoms with Gasteiger partial charge in [-0.25, -0.2) is 9.78 Å². The molecule has 2 amide bonds. The molecule has 7 heteroatoms. The van der Waals surface area contributed by atoms with Crippen molar-refractivity contribution in [2.45, 2.75) is 39.3 Å². The number of rotatable bonds is 5. The summed E-state index contributed by atoms with van der Waals surface area (Å²) in [5, 5.41) is 5.72. The minimum atomic E-state index is -0.279. The third-order valence-corrected chi connectivity index (χ3v) is 4.99. The number of ether oxygens (including phenoxy) is 1. The molecule has 0 atom stereocenters. The summed E-state index contributed by atoms with van der Waals surface area (Å²) in [5.41, 5.74) is 1.63. The highest BCUT2D eigenvalue weighted by Gasteiger charge is 2.18. The summed E-state index contributed by atoms with van der Waals surface area (Å²) in [6, 6.07) is 11.9. The van der Waals surface area contributed by atoms with Gasteiger partial charge in [0.25, 0.3) is 0 Å². The first kappa shape index (κ1) is 21.9. The maximum atomic E-state index is 12.0. The smallest absolute Gasteiger partial charge is 0.319 e. The first-order valence-corrected chi connectivity index (χ1v) is 10.5. The average molecular weight is 412 g/mol. The van der Waals surface area contributed by atoms with Gasteiger partial charge in [-0.2, -0.15) is 0 Å². The van der Waals surface area contributed by atoms with Gasteiger partial charge in [-0.05, 0) is 45.4 Å². The number of amides is 2. The van der Waals surface area contributed by atoms with Gasteiger partial charge in [0.2, 0.25) is 0 Å². The second-order valence-electron chi connectivity index (χ2n) is 8.66. The second-order valence-corrected chi connectivity index (χ2v) is 8.66. The van der Waals surface area contributed by atoms with Crippen LogP contribution in [-0.4, -0.2) is 54.7 Å². The normalized spacial score (nSPS) is 15.4. The second kappa shape index (κ2) is 9.80. The minimum absolute atomic E-state index is 0.223. The van der Waals surface area contributed by atoms with E-state index >= 15 is 0 Å². The summed E-state index contributed by atoms with van der Waals surface area (Å²) < 4.78 is 5.49. The molecule has 162 valence electrons. The molecule has 0 spiro atoms. The number of nitrogens with zero attached hydrogens (tertiary/aromatic N) is 3. The lowest BCUT2D eigenvalue weighted by Crippen LogP contribution is -2.43. The summed E-state index contributed by atoms with van der Waals surface area (Å²) in [7, 11) is 1.72. The van der Waals surface area contributed by atoms with E-state index < -0.39 is 0 Å². The third kappa shape index (κ3) is 6.35. The van der Waals surface area contributed by atoms with Crippen molar-refractivity contribution in [1.29, 1.82) is 0 Å². The molecule has 1 saturated heterocycles. The monoisotopic (exact) mass is 411 g/mol. The van der Waals surface area contributed by atoms with E-state index in [9.17, 15) is 4.79 Å². The first-order chi connectivity index (χ1) is 14.3. The molecule has 1 aromatic carbocycles. The number of nitrogens with one attached hydrogen (secondary N) is 2. The lowest BCUT2D eigenvalue weighted by atomic mass is 10.1. The molecule has 2 heterocycles. The van der Waals surface area contributed by atoms with Crippen LogP contribution in [0.3, 0.4) is 0 Å². The number of aromatic nitrogens is 1. The molecule has 1 fully saturated rings. The minimum Gasteiger partial charge on any atom is -0.496 e. The fourth-order valence-corrected chi connectivity index (χ4v) is 3.58. The average Bonchev–Trinajstić information content (AvgIpc) is 2.93. The fraction of sp³-hybridized carbons (Fsp3) is 0.478. The van der Waals surface area contributed by atoms with Crippen LogP contribution in [0, 0.1) is 0 Å². The van der Waals surface area contributed by atoms with Crippen LogP contribution >= 0.6 is 0 Å². The Hall–Kier alpha value is -2.80. The number of anilines is 2. The van der Waals surface area contributed by atoms with Crippen LogP contribution in [-0.2, 0) is 6.54 Å². The lowest BCUT2D eigenvalue weighted by molar-refractivity contribution is 0.244. The maximum absolute atomic E-state index is 12.0. The van der Waals surface area contributed by atoms with Crippen molar-refractivity contribution in [3.63, 3.8) is 0 Å². The number of hydrogen-bond donors (Lipinski definition) is 2. The van der Waals surface area contributed by atoms with Crippen LogP contribution in [0.1, 0.15) is 32.8 Å². The van der Waals surface area contributed by atoms with Crippen molar-refractivity contribution in [3.05, 3.63) is 48.2 Å². The van der Waals surface area contributed by atoms with Crippen molar-refractivity contribution < 1.29 is 9.53 Å². The van der Waals surface area contributed by atoms with Gasteiger partial charge >= 0.3 is 6.03 Å². The SMILES string of the molecule is COc1ccccc1CN1CCCN(c2ccc(NC(=O)NC(C)(C)C)cn2)CC1. The van der Waals surface area contributed by atoms with Gasteiger partial charge in [0.15, 0.2) is 0 Å². The Bertz CT molecular complexity index is 832. The van der Waals surface area contributed by atoms with E-state index in [2.05, 4.69) is 37.6 Å². The van der Waals surface area contributed by atoms with Crippen molar-refractivity contribution in [2.75, 3.05) is 43.5 Å². The summed E-state index contributed by atoms with van der Waals surface area (Å²) >= 11 is 0. The quantitative estimate of drug-likeness (QED) is 0.785. The van der Waals surface area contributed by atoms with E-state index in [-0.39, 0.29) is 11.6 Å². The number of urea groups is 1. The van der Waals surface area contributed by atoms with Crippen LogP contribution in [0.4, 0.5) is 16.3 Å². The summed E-state index contributed by atoms with van der Waals surface area (Å²) in [5.74, 6) is 1.88. The standard InChI is InChI=1S/C23H33N5O2/c1-23(2,3)26-22(29)25-19-10-11-21(24-16-19)28-13-7-12-27(14-15-28)17-18-8-5-6-9-20(18)30-4/h5-6,8-11,16H,7,12-15,17H2,1-4H3,(H2,25,26,29). The van der Waals surface area contributed by atoms with Gasteiger partial charge in [0, 0.05) is 43.8 Å². The first-order valence-electron chi connectivity index (χ1n) is 10.5. The number of carbonyl (C=O) groups is 1. The topological polar surface area (TPSA) is 69.7 Å². The van der Waals surface area contributed by atoms with Crippen LogP contribution in [0.15, 0.2) is 42.6 Å². The Labute approximate surface area is 179 Å². The van der Waals surface area contributed by atoms with Gasteiger partial charge in [-0.3, -0.25) is 4.90 Å². The fourth-order valence-electron chi connectivity index (χ4n) is 3.58. The molecule has 2 N–H and O–H groups in total. The number of benzene rings is 1. The summed E-state index contributed by atoms with van der Waals surface area (Å²) in [6.07, 6.45) is 2.79. The van der Waals surface area contributed by atoms with Gasteiger partial charge < -0.3 is 20.3 Å². The molecule has 1 aliphatic heterocycles. The van der Waals surface area contributed by atoms with E-state index in [4.69, 9.17) is 4.74 Å². The zero-order valence-corrected chi connectivity index (χ0v) is 18.4. The molecule has 2 aromatic rings. The largest absolute Gasteiger partial charge is 0.496 e. The van der Waals surface area contributed by atoms with Gasteiger partial charge in [-0.1, -0.05) is 18.2 Å². The lowest BCUT2D eigenvalue weighted by Gasteiger charge is -2.23. The Kier molecular flexibility index (Phi) is 7.15. The van der Waals surface area contributed by atoms with Gasteiger partial charge in [0.05, 0.1) is 19.0 Å². The van der Waals surface area contributed by atoms with Gasteiger partial charge in [0.1, 0.15) is 11.6 Å². The molecule has 0 aliphatic carbocycles. The molecule has 3 rings (SSSR count). The third-order valence-electron chi connectivity index (χ3n) is 4.99. The highest BCUT2D eigenvalue weighted by Crippen LogP contribution is 2.21. The van der Waals surface area contributed by atoms with Crippen molar-refractivity contribution in [1.82, 2.24) is 15.2 Å². The predicted molar refractivity (Wildman–Crippen MR) is 121 cm³/mol. The molecule has 0 unspecified atom stereocenters. The Morgan fingerprint density at radius 2 is 1.90 bits per heavy atom. The number of carbonyl (C=O) groups excluding carboxylic acids is 1. The Morgan fingerprint density at radius 1 is 1.10 bits per heavy atom. The number of methoxy groups -OCH3 is 1. The van der Waals surface area contributed by atoms with E-state index in [1.807, 2.05) is 45.0 Å². The van der Waals surface area contributed by atoms with Crippen molar-refractivity contribution in [3.8, 4) is 5.75 Å². The van der Waals surface area contributed by atoms with Crippen LogP contribution in [0.25, 0.3) is 0 Å². The highest BCUT2D eigenvalue weighted by atomic mass is 16.5. The molecular weight excluding hydrogens is 378 g/mol. The molecule has 30 heavy (non-hydrogen) atoms. The number of hydrogen-bond acceptors (Lipinski definition) is 5. The van der Waals surface area contributed by atoms with Crippen LogP contribution < -0.4 is 20.3 Å². The zero-order valence-electron chi connectivity index (χ0n) is 18.4. The van der Waals surface area contributed by atoms with Crippen LogP contribution in [0.2, 0.25) is 0 Å². The molecule has 1 aromatic heterocycles. The Morgan fingerprint density at radius 3 is 2.60 bits per heavy atom. The molecule has 0 radical (unpaired) electrons. The molecule has 1 aliphatic rings. The predicted octanol–water partition coefficient (Wildman–Crippen LogP) is 3.72. The van der Waals surface area contributed by atoms with Crippen LogP contribution in [0.5, 0.6) is 5.75 Å². The molecule has 0 bridgehead atoms. The van der Waals surface area contributed by atoms with E-state index in [0.29, 0.717) is 5.69 Å². The number of pyridine rings is 1. The van der Waals surface area contributed by atoms with E-state index in [1.165, 1.54) is 5.56 Å². The van der Waals surface area contributed by atoms with Gasteiger partial charge in [-0.15, -0.1) is 0 Å². The molecular formula is C23H33N5O2. The van der Waals surface area contributed by atoms with E-state index in [1.54, 1.807) is 13.3 Å². The zero-order chi connectivity index (χ0) is 21.6. The van der Waals surface area contributed by atoms with Crippen molar-refractivity contribution >= 4 is 17.5 Å². The maximum Gasteiger partial charge on any atom is 0.319 e. The highest BCUT2D eigenvalue weighted by molar-refractivity contribution is 5.89. The summed E-state index contributed by atoms with van der Waals surface area (Å²) in [4.78, 5) is 21.4. The number of para-hydroxylation sites is 1. The van der Waals surface area contributed by atoms with Crippen molar-refractivity contribution in [2.24, 2.45) is 0 Å².